The number of hydrogen-bond donors (Lipinski definition) is 3. The van der Waals surface area contributed by atoms with E-state index in [0.717, 1.165) is 0 Å². The van der Waals surface area contributed by atoms with Gasteiger partial charge in [-0.3, -0.25) is 14.4 Å². The lowest BCUT2D eigenvalue weighted by Gasteiger charge is -2.31. The van der Waals surface area contributed by atoms with Crippen LogP contribution in [0.4, 0.5) is 0 Å². The molecule has 0 radical (unpaired) electrons. The molecule has 0 aliphatic carbocycles. The summed E-state index contributed by atoms with van der Waals surface area (Å²) in [4.78, 5) is 37.0. The summed E-state index contributed by atoms with van der Waals surface area (Å²) in [7, 11) is 1.52. The normalized spacial score (nSPS) is 14.3. The van der Waals surface area contributed by atoms with Gasteiger partial charge in [-0.15, -0.1) is 0 Å². The van der Waals surface area contributed by atoms with E-state index < -0.39 is 28.9 Å². The van der Waals surface area contributed by atoms with Crippen LogP contribution in [0.1, 0.15) is 67.2 Å². The summed E-state index contributed by atoms with van der Waals surface area (Å²) in [5, 5.41) is 14.3. The fourth-order valence-electron chi connectivity index (χ4n) is 2.49. The van der Waals surface area contributed by atoms with Crippen LogP contribution in [0.3, 0.4) is 0 Å². The second-order valence-corrected chi connectivity index (χ2v) is 8.63. The van der Waals surface area contributed by atoms with E-state index in [1.54, 1.807) is 20.8 Å². The number of amides is 2. The van der Waals surface area contributed by atoms with Crippen molar-refractivity contribution in [3.8, 4) is 0 Å². The standard InChI is InChI=1S/C19H36N2O5/c1-18(2,3)15(17(25)20-7)21-16(24)13(10-8-9-11-22)12-14(23)26-19(4,5)6/h13,15,22H,8-12H2,1-7H3,(H,20,25)(H,21,24)/t13-,15+/m0/s1. The fraction of sp³-hybridized carbons (Fsp3) is 0.842. The van der Waals surface area contributed by atoms with Gasteiger partial charge in [-0.25, -0.2) is 0 Å². The molecule has 0 aromatic rings. The number of unbranched alkanes of at least 4 members (excludes halogenated alkanes) is 1. The van der Waals surface area contributed by atoms with Crippen molar-refractivity contribution < 1.29 is 24.2 Å². The number of carbonyl (C=O) groups excluding carboxylic acids is 3. The molecule has 0 unspecified atom stereocenters. The molecule has 152 valence electrons. The van der Waals surface area contributed by atoms with Crippen molar-refractivity contribution in [2.45, 2.75) is 78.9 Å². The minimum absolute atomic E-state index is 0.0314. The van der Waals surface area contributed by atoms with E-state index in [0.29, 0.717) is 19.3 Å². The quantitative estimate of drug-likeness (QED) is 0.423. The zero-order valence-electron chi connectivity index (χ0n) is 17.3. The Morgan fingerprint density at radius 1 is 1.00 bits per heavy atom. The van der Waals surface area contributed by atoms with Crippen LogP contribution in [0.2, 0.25) is 0 Å². The molecule has 3 N–H and O–H groups in total. The SMILES string of the molecule is CNC(=O)[C@@H](NC(=O)[C@@H](CCCCO)CC(=O)OC(C)(C)C)C(C)(C)C. The molecule has 2 amide bonds. The van der Waals surface area contributed by atoms with E-state index in [2.05, 4.69) is 10.6 Å². The Bertz CT molecular complexity index is 477. The van der Waals surface area contributed by atoms with Gasteiger partial charge in [0.15, 0.2) is 0 Å². The Hall–Kier alpha value is -1.63. The van der Waals surface area contributed by atoms with Crippen molar-refractivity contribution in [3.05, 3.63) is 0 Å². The highest BCUT2D eigenvalue weighted by Crippen LogP contribution is 2.22. The molecule has 0 aliphatic rings. The number of hydrogen-bond acceptors (Lipinski definition) is 5. The second-order valence-electron chi connectivity index (χ2n) is 8.63. The highest BCUT2D eigenvalue weighted by Gasteiger charge is 2.34. The van der Waals surface area contributed by atoms with E-state index in [9.17, 15) is 14.4 Å². The number of likely N-dealkylation sites (N-methyl/N-ethyl adjacent to an activating group) is 1. The highest BCUT2D eigenvalue weighted by molar-refractivity contribution is 5.90. The maximum absolute atomic E-state index is 12.8. The molecule has 0 aromatic carbocycles. The van der Waals surface area contributed by atoms with Crippen molar-refractivity contribution in [3.63, 3.8) is 0 Å². The average molecular weight is 373 g/mol. The third-order valence-electron chi connectivity index (χ3n) is 3.83. The minimum Gasteiger partial charge on any atom is -0.460 e. The van der Waals surface area contributed by atoms with Crippen molar-refractivity contribution >= 4 is 17.8 Å². The predicted molar refractivity (Wildman–Crippen MR) is 100 cm³/mol. The van der Waals surface area contributed by atoms with Gasteiger partial charge in [0.1, 0.15) is 11.6 Å². The van der Waals surface area contributed by atoms with Gasteiger partial charge in [-0.2, -0.15) is 0 Å². The molecule has 7 heteroatoms. The van der Waals surface area contributed by atoms with Crippen LogP contribution < -0.4 is 10.6 Å². The zero-order valence-corrected chi connectivity index (χ0v) is 17.3. The summed E-state index contributed by atoms with van der Waals surface area (Å²) >= 11 is 0. The average Bonchev–Trinajstić information content (AvgIpc) is 2.47. The molecule has 7 nitrogen and oxygen atoms in total. The van der Waals surface area contributed by atoms with Gasteiger partial charge in [0.05, 0.1) is 6.42 Å². The van der Waals surface area contributed by atoms with Crippen molar-refractivity contribution in [2.24, 2.45) is 11.3 Å². The number of aliphatic hydroxyl groups is 1. The summed E-state index contributed by atoms with van der Waals surface area (Å²) in [6.45, 7) is 10.9. The van der Waals surface area contributed by atoms with Crippen LogP contribution in [0, 0.1) is 11.3 Å². The molecule has 0 aliphatic heterocycles. The maximum atomic E-state index is 12.8. The van der Waals surface area contributed by atoms with Crippen LogP contribution in [-0.2, 0) is 19.1 Å². The molecule has 0 bridgehead atoms. The van der Waals surface area contributed by atoms with Gasteiger partial charge in [-0.05, 0) is 39.0 Å². The Kier molecular flexibility index (Phi) is 9.84. The number of aliphatic hydroxyl groups excluding tert-OH is 1. The summed E-state index contributed by atoms with van der Waals surface area (Å²) in [6.07, 6.45) is 1.54. The number of carbonyl (C=O) groups is 3. The summed E-state index contributed by atoms with van der Waals surface area (Å²) in [5.41, 5.74) is -1.10. The van der Waals surface area contributed by atoms with Crippen LogP contribution in [-0.4, -0.2) is 48.2 Å². The molecule has 0 aromatic heterocycles. The first-order chi connectivity index (χ1) is 11.8. The van der Waals surface area contributed by atoms with Gasteiger partial charge in [0, 0.05) is 19.6 Å². The zero-order chi connectivity index (χ0) is 20.5. The smallest absolute Gasteiger partial charge is 0.307 e. The number of ether oxygens (including phenoxy) is 1. The Balaban J connectivity index is 5.17. The Morgan fingerprint density at radius 3 is 2.00 bits per heavy atom. The minimum atomic E-state index is -0.709. The molecular weight excluding hydrogens is 336 g/mol. The first-order valence-corrected chi connectivity index (χ1v) is 9.16. The Morgan fingerprint density at radius 2 is 1.58 bits per heavy atom. The van der Waals surface area contributed by atoms with E-state index in [1.807, 2.05) is 20.8 Å². The monoisotopic (exact) mass is 372 g/mol. The first-order valence-electron chi connectivity index (χ1n) is 9.16. The molecular formula is C19H36N2O5. The van der Waals surface area contributed by atoms with Crippen molar-refractivity contribution in [1.82, 2.24) is 10.6 Å². The van der Waals surface area contributed by atoms with Gasteiger partial charge in [-0.1, -0.05) is 27.2 Å². The van der Waals surface area contributed by atoms with E-state index in [-0.39, 0.29) is 24.8 Å². The molecule has 26 heavy (non-hydrogen) atoms. The number of nitrogens with one attached hydrogen (secondary N) is 2. The lowest BCUT2D eigenvalue weighted by atomic mass is 9.85. The molecule has 0 spiro atoms. The molecule has 0 fully saturated rings. The largest absolute Gasteiger partial charge is 0.460 e. The van der Waals surface area contributed by atoms with Gasteiger partial charge >= 0.3 is 5.97 Å². The van der Waals surface area contributed by atoms with Gasteiger partial charge in [0.25, 0.3) is 0 Å². The molecule has 0 saturated carbocycles. The first kappa shape index (κ1) is 24.4. The second kappa shape index (κ2) is 10.5. The molecule has 0 saturated heterocycles. The highest BCUT2D eigenvalue weighted by atomic mass is 16.6. The Labute approximate surface area is 157 Å². The molecule has 0 rings (SSSR count). The fourth-order valence-corrected chi connectivity index (χ4v) is 2.49. The number of rotatable bonds is 9. The summed E-state index contributed by atoms with van der Waals surface area (Å²) < 4.78 is 5.32. The molecule has 2 atom stereocenters. The lowest BCUT2D eigenvalue weighted by Crippen LogP contribution is -2.54. The summed E-state index contributed by atoms with van der Waals surface area (Å²) in [6, 6.07) is -0.709. The topological polar surface area (TPSA) is 105 Å². The van der Waals surface area contributed by atoms with Gasteiger partial charge < -0.3 is 20.5 Å². The third kappa shape index (κ3) is 9.75. The van der Waals surface area contributed by atoms with Gasteiger partial charge in [0.2, 0.25) is 11.8 Å². The maximum Gasteiger partial charge on any atom is 0.307 e. The molecule has 0 heterocycles. The van der Waals surface area contributed by atoms with Crippen molar-refractivity contribution in [1.29, 1.82) is 0 Å². The van der Waals surface area contributed by atoms with E-state index in [1.165, 1.54) is 7.05 Å². The van der Waals surface area contributed by atoms with Crippen molar-refractivity contribution in [2.75, 3.05) is 13.7 Å². The summed E-state index contributed by atoms with van der Waals surface area (Å²) in [5.74, 6) is -1.69. The predicted octanol–water partition coefficient (Wildman–Crippen LogP) is 1.77. The van der Waals surface area contributed by atoms with Crippen LogP contribution in [0.25, 0.3) is 0 Å². The number of esters is 1. The van der Waals surface area contributed by atoms with Crippen LogP contribution in [0.5, 0.6) is 0 Å². The van der Waals surface area contributed by atoms with Crippen LogP contribution in [0.15, 0.2) is 0 Å². The van der Waals surface area contributed by atoms with E-state index in [4.69, 9.17) is 9.84 Å². The lowest BCUT2D eigenvalue weighted by molar-refractivity contribution is -0.157. The van der Waals surface area contributed by atoms with E-state index >= 15 is 0 Å². The third-order valence-corrected chi connectivity index (χ3v) is 3.83. The van der Waals surface area contributed by atoms with Crippen LogP contribution >= 0.6 is 0 Å².